The predicted octanol–water partition coefficient (Wildman–Crippen LogP) is 2.92. The summed E-state index contributed by atoms with van der Waals surface area (Å²) in [4.78, 5) is 12.1. The van der Waals surface area contributed by atoms with Crippen molar-refractivity contribution in [3.8, 4) is 11.8 Å². The Morgan fingerprint density at radius 1 is 1.50 bits per heavy atom. The second-order valence-corrected chi connectivity index (χ2v) is 3.05. The number of hydrogen-bond acceptors (Lipinski definition) is 3. The molecule has 8 heteroatoms. The molecule has 0 amide bonds. The van der Waals surface area contributed by atoms with Gasteiger partial charge < -0.3 is 0 Å². The molecular weight excluding hydrogens is 246 g/mol. The van der Waals surface area contributed by atoms with Crippen LogP contribution >= 0.6 is 0 Å². The van der Waals surface area contributed by atoms with Crippen molar-refractivity contribution in [2.24, 2.45) is 5.11 Å². The second-order valence-electron chi connectivity index (χ2n) is 3.05. The van der Waals surface area contributed by atoms with Gasteiger partial charge in [0.2, 0.25) is 5.82 Å². The Morgan fingerprint density at radius 2 is 2.22 bits per heavy atom. The molecular formula is C10H6F2N4O2. The van der Waals surface area contributed by atoms with Crippen LogP contribution in [0.1, 0.15) is 12.0 Å². The van der Waals surface area contributed by atoms with Gasteiger partial charge in [0.25, 0.3) is 0 Å². The second kappa shape index (κ2) is 6.18. The van der Waals surface area contributed by atoms with Crippen molar-refractivity contribution < 1.29 is 13.7 Å². The van der Waals surface area contributed by atoms with Crippen molar-refractivity contribution in [2.45, 2.75) is 6.42 Å². The van der Waals surface area contributed by atoms with Crippen LogP contribution in [0.25, 0.3) is 10.4 Å². The summed E-state index contributed by atoms with van der Waals surface area (Å²) in [5, 5.41) is 13.8. The van der Waals surface area contributed by atoms with Gasteiger partial charge in [0.1, 0.15) is 11.4 Å². The van der Waals surface area contributed by atoms with Crippen LogP contribution in [0.15, 0.2) is 17.2 Å². The number of hydrogen-bond donors (Lipinski definition) is 0. The first-order valence-corrected chi connectivity index (χ1v) is 4.69. The van der Waals surface area contributed by atoms with Crippen LogP contribution in [0.3, 0.4) is 0 Å². The molecule has 0 fully saturated rings. The predicted molar refractivity (Wildman–Crippen MR) is 58.5 cm³/mol. The van der Waals surface area contributed by atoms with E-state index in [2.05, 4.69) is 21.9 Å². The Bertz CT molecular complexity index is 586. The lowest BCUT2D eigenvalue weighted by molar-refractivity contribution is -0.387. The quantitative estimate of drug-likeness (QED) is 0.157. The summed E-state index contributed by atoms with van der Waals surface area (Å²) in [7, 11) is 0. The highest BCUT2D eigenvalue weighted by Crippen LogP contribution is 2.23. The van der Waals surface area contributed by atoms with Crippen LogP contribution in [0.5, 0.6) is 0 Å². The van der Waals surface area contributed by atoms with Gasteiger partial charge in [-0.25, -0.2) is 4.39 Å². The Kier molecular flexibility index (Phi) is 4.60. The molecule has 0 spiro atoms. The van der Waals surface area contributed by atoms with Gasteiger partial charge in [0.15, 0.2) is 0 Å². The minimum Gasteiger partial charge on any atom is -0.258 e. The largest absolute Gasteiger partial charge is 0.320 e. The first kappa shape index (κ1) is 13.4. The molecule has 0 heterocycles. The number of nitro groups is 1. The lowest BCUT2D eigenvalue weighted by atomic mass is 10.1. The maximum absolute atomic E-state index is 13.2. The standard InChI is InChI=1S/C10H6F2N4O2/c11-8-5-7(3-1-2-4-14-15-13)10(16(17)18)9(12)6-8/h5-6H,2,4H2. The Hall–Kier alpha value is -2.65. The minimum absolute atomic E-state index is 0.0785. The third-order valence-corrected chi connectivity index (χ3v) is 1.83. The molecule has 1 aromatic carbocycles. The summed E-state index contributed by atoms with van der Waals surface area (Å²) in [6, 6.07) is 1.20. The van der Waals surface area contributed by atoms with E-state index < -0.39 is 22.2 Å². The van der Waals surface area contributed by atoms with Crippen molar-refractivity contribution in [3.05, 3.63) is 49.9 Å². The summed E-state index contributed by atoms with van der Waals surface area (Å²) >= 11 is 0. The minimum atomic E-state index is -1.28. The summed E-state index contributed by atoms with van der Waals surface area (Å²) in [5.74, 6) is 2.49. The number of nitrogens with zero attached hydrogens (tertiary/aromatic N) is 4. The van der Waals surface area contributed by atoms with Gasteiger partial charge in [-0.2, -0.15) is 4.39 Å². The number of benzene rings is 1. The van der Waals surface area contributed by atoms with Crippen molar-refractivity contribution >= 4 is 5.69 Å². The fourth-order valence-electron chi connectivity index (χ4n) is 1.16. The summed E-state index contributed by atoms with van der Waals surface area (Å²) < 4.78 is 26.1. The van der Waals surface area contributed by atoms with Gasteiger partial charge in [-0.05, 0) is 11.6 Å². The molecule has 0 aromatic heterocycles. The molecule has 0 aliphatic heterocycles. The number of nitro benzene ring substituents is 1. The van der Waals surface area contributed by atoms with Gasteiger partial charge >= 0.3 is 5.69 Å². The van der Waals surface area contributed by atoms with E-state index in [1.165, 1.54) is 0 Å². The fourth-order valence-corrected chi connectivity index (χ4v) is 1.16. The number of halogens is 2. The van der Waals surface area contributed by atoms with Crippen LogP contribution in [-0.4, -0.2) is 11.5 Å². The first-order chi connectivity index (χ1) is 8.56. The molecule has 0 aliphatic rings. The normalized spacial score (nSPS) is 9.00. The maximum atomic E-state index is 13.2. The molecule has 0 N–H and O–H groups in total. The van der Waals surface area contributed by atoms with Crippen molar-refractivity contribution in [1.82, 2.24) is 0 Å². The molecule has 92 valence electrons. The van der Waals surface area contributed by atoms with Crippen molar-refractivity contribution in [1.29, 1.82) is 0 Å². The first-order valence-electron chi connectivity index (χ1n) is 4.69. The highest BCUT2D eigenvalue weighted by molar-refractivity contribution is 5.52. The van der Waals surface area contributed by atoms with E-state index in [4.69, 9.17) is 5.53 Å². The molecule has 0 radical (unpaired) electrons. The van der Waals surface area contributed by atoms with Crippen LogP contribution < -0.4 is 0 Å². The van der Waals surface area contributed by atoms with Gasteiger partial charge in [0.05, 0.1) is 4.92 Å². The molecule has 0 unspecified atom stereocenters. The van der Waals surface area contributed by atoms with E-state index in [0.717, 1.165) is 6.07 Å². The molecule has 6 nitrogen and oxygen atoms in total. The van der Waals surface area contributed by atoms with Gasteiger partial charge in [-0.3, -0.25) is 10.1 Å². The summed E-state index contributed by atoms with van der Waals surface area (Å²) in [6.07, 6.45) is 0.138. The molecule has 18 heavy (non-hydrogen) atoms. The average molecular weight is 252 g/mol. The van der Waals surface area contributed by atoms with E-state index in [0.29, 0.717) is 6.07 Å². The zero-order valence-electron chi connectivity index (χ0n) is 8.93. The van der Waals surface area contributed by atoms with Crippen LogP contribution in [0.2, 0.25) is 0 Å². The van der Waals surface area contributed by atoms with Crippen LogP contribution in [0, 0.1) is 33.6 Å². The number of rotatable bonds is 3. The summed E-state index contributed by atoms with van der Waals surface area (Å²) in [5.41, 5.74) is 6.78. The third-order valence-electron chi connectivity index (χ3n) is 1.83. The lowest BCUT2D eigenvalue weighted by Crippen LogP contribution is -1.97. The van der Waals surface area contributed by atoms with Gasteiger partial charge in [-0.1, -0.05) is 17.0 Å². The Balaban J connectivity index is 3.07. The smallest absolute Gasteiger partial charge is 0.258 e. The van der Waals surface area contributed by atoms with Crippen LogP contribution in [-0.2, 0) is 0 Å². The molecule has 0 saturated carbocycles. The van der Waals surface area contributed by atoms with E-state index in [1.54, 1.807) is 0 Å². The van der Waals surface area contributed by atoms with E-state index >= 15 is 0 Å². The monoisotopic (exact) mass is 252 g/mol. The fraction of sp³-hybridized carbons (Fsp3) is 0.200. The Morgan fingerprint density at radius 3 is 2.83 bits per heavy atom. The Labute approximate surface area is 100 Å². The molecule has 0 aliphatic carbocycles. The van der Waals surface area contributed by atoms with E-state index in [9.17, 15) is 18.9 Å². The zero-order chi connectivity index (χ0) is 13.5. The highest BCUT2D eigenvalue weighted by Gasteiger charge is 2.20. The van der Waals surface area contributed by atoms with Crippen LogP contribution in [0.4, 0.5) is 14.5 Å². The zero-order valence-corrected chi connectivity index (χ0v) is 8.93. The van der Waals surface area contributed by atoms with Crippen molar-refractivity contribution in [2.75, 3.05) is 6.54 Å². The SMILES string of the molecule is [N-]=[N+]=NCCC#Cc1cc(F)cc(F)c1[N+](=O)[O-]. The highest BCUT2D eigenvalue weighted by atomic mass is 19.1. The number of azide groups is 1. The van der Waals surface area contributed by atoms with Crippen molar-refractivity contribution in [3.63, 3.8) is 0 Å². The van der Waals surface area contributed by atoms with Gasteiger partial charge in [-0.15, -0.1) is 0 Å². The average Bonchev–Trinajstić information content (AvgIpc) is 2.27. The maximum Gasteiger partial charge on any atom is 0.320 e. The topological polar surface area (TPSA) is 91.9 Å². The molecule has 0 bridgehead atoms. The lowest BCUT2D eigenvalue weighted by Gasteiger charge is -1.97. The summed E-state index contributed by atoms with van der Waals surface area (Å²) in [6.45, 7) is 0.0785. The molecule has 0 atom stereocenters. The molecule has 1 rings (SSSR count). The van der Waals surface area contributed by atoms with Gasteiger partial charge in [0, 0.05) is 23.9 Å². The third kappa shape index (κ3) is 3.43. The molecule has 0 saturated heterocycles. The molecule has 1 aromatic rings. The van der Waals surface area contributed by atoms with E-state index in [-0.39, 0.29) is 18.5 Å². The van der Waals surface area contributed by atoms with E-state index in [1.807, 2.05) is 0 Å².